The van der Waals surface area contributed by atoms with Crippen molar-refractivity contribution in [2.45, 2.75) is 27.2 Å². The molecule has 6 heteroatoms. The summed E-state index contributed by atoms with van der Waals surface area (Å²) >= 11 is 0. The highest BCUT2D eigenvalue weighted by atomic mass is 16.6. The standard InChI is InChI=1S/C14H14O6/c1-8(15)6-12(18)11-4-5-13(19-9(2)16)14(7-11)20-10(3)17/h4-5,7H,6H2,1-3H3. The van der Waals surface area contributed by atoms with Crippen molar-refractivity contribution >= 4 is 23.5 Å². The number of ketones is 2. The molecule has 1 rings (SSSR count). The Balaban J connectivity index is 3.12. The predicted molar refractivity (Wildman–Crippen MR) is 68.7 cm³/mol. The van der Waals surface area contributed by atoms with Gasteiger partial charge in [-0.25, -0.2) is 0 Å². The number of benzene rings is 1. The molecule has 0 aliphatic carbocycles. The lowest BCUT2D eigenvalue weighted by Crippen LogP contribution is -2.09. The lowest BCUT2D eigenvalue weighted by molar-refractivity contribution is -0.134. The van der Waals surface area contributed by atoms with Crippen LogP contribution in [0.2, 0.25) is 0 Å². The highest BCUT2D eigenvalue weighted by molar-refractivity contribution is 6.07. The molecule has 0 aromatic heterocycles. The van der Waals surface area contributed by atoms with Gasteiger partial charge in [-0.15, -0.1) is 0 Å². The maximum atomic E-state index is 11.8. The largest absolute Gasteiger partial charge is 0.423 e. The Kier molecular flexibility index (Phi) is 5.14. The maximum Gasteiger partial charge on any atom is 0.308 e. The molecule has 0 amide bonds. The number of rotatable bonds is 5. The Hall–Kier alpha value is -2.50. The predicted octanol–water partition coefficient (Wildman–Crippen LogP) is 1.70. The zero-order chi connectivity index (χ0) is 15.3. The molecule has 0 saturated carbocycles. The fourth-order valence-electron chi connectivity index (χ4n) is 1.48. The molecule has 0 saturated heterocycles. The molecule has 0 heterocycles. The molecule has 1 aromatic carbocycles. The van der Waals surface area contributed by atoms with E-state index >= 15 is 0 Å². The molecule has 0 unspecified atom stereocenters. The van der Waals surface area contributed by atoms with Crippen molar-refractivity contribution in [3.05, 3.63) is 23.8 Å². The second kappa shape index (κ2) is 6.60. The van der Waals surface area contributed by atoms with Crippen LogP contribution in [0.25, 0.3) is 0 Å². The van der Waals surface area contributed by atoms with Crippen molar-refractivity contribution in [3.8, 4) is 11.5 Å². The zero-order valence-electron chi connectivity index (χ0n) is 11.4. The molecule has 6 nitrogen and oxygen atoms in total. The first-order chi connectivity index (χ1) is 9.29. The number of ether oxygens (including phenoxy) is 2. The fourth-order valence-corrected chi connectivity index (χ4v) is 1.48. The molecule has 20 heavy (non-hydrogen) atoms. The van der Waals surface area contributed by atoms with E-state index in [4.69, 9.17) is 9.47 Å². The van der Waals surface area contributed by atoms with E-state index in [9.17, 15) is 19.2 Å². The lowest BCUT2D eigenvalue weighted by atomic mass is 10.1. The van der Waals surface area contributed by atoms with Gasteiger partial charge in [-0.3, -0.25) is 19.2 Å². The highest BCUT2D eigenvalue weighted by Gasteiger charge is 2.15. The van der Waals surface area contributed by atoms with Gasteiger partial charge in [-0.2, -0.15) is 0 Å². The Bertz CT molecular complexity index is 573. The molecule has 0 fully saturated rings. The van der Waals surface area contributed by atoms with Crippen LogP contribution >= 0.6 is 0 Å². The van der Waals surface area contributed by atoms with E-state index in [1.807, 2.05) is 0 Å². The zero-order valence-corrected chi connectivity index (χ0v) is 11.4. The van der Waals surface area contributed by atoms with Crippen LogP contribution in [0, 0.1) is 0 Å². The van der Waals surface area contributed by atoms with Crippen LogP contribution in [-0.4, -0.2) is 23.5 Å². The first-order valence-electron chi connectivity index (χ1n) is 5.83. The highest BCUT2D eigenvalue weighted by Crippen LogP contribution is 2.29. The van der Waals surface area contributed by atoms with Crippen LogP contribution in [0.4, 0.5) is 0 Å². The van der Waals surface area contributed by atoms with E-state index in [1.165, 1.54) is 39.0 Å². The summed E-state index contributed by atoms with van der Waals surface area (Å²) in [7, 11) is 0. The van der Waals surface area contributed by atoms with Crippen molar-refractivity contribution in [2.75, 3.05) is 0 Å². The summed E-state index contributed by atoms with van der Waals surface area (Å²) in [5, 5.41) is 0. The summed E-state index contributed by atoms with van der Waals surface area (Å²) < 4.78 is 9.76. The second-order valence-corrected chi connectivity index (χ2v) is 4.15. The van der Waals surface area contributed by atoms with E-state index in [1.54, 1.807) is 0 Å². The monoisotopic (exact) mass is 278 g/mol. The summed E-state index contributed by atoms with van der Waals surface area (Å²) in [4.78, 5) is 44.6. The molecule has 0 radical (unpaired) electrons. The number of carbonyl (C=O) groups is 4. The Morgan fingerprint density at radius 2 is 1.45 bits per heavy atom. The molecule has 0 spiro atoms. The van der Waals surface area contributed by atoms with Crippen LogP contribution in [0.15, 0.2) is 18.2 Å². The number of hydrogen-bond acceptors (Lipinski definition) is 6. The average Bonchev–Trinajstić information content (AvgIpc) is 2.29. The Labute approximate surface area is 115 Å². The number of hydrogen-bond donors (Lipinski definition) is 0. The van der Waals surface area contributed by atoms with E-state index < -0.39 is 17.7 Å². The smallest absolute Gasteiger partial charge is 0.308 e. The van der Waals surface area contributed by atoms with Gasteiger partial charge in [-0.1, -0.05) is 0 Å². The summed E-state index contributed by atoms with van der Waals surface area (Å²) in [6.45, 7) is 3.69. The number of esters is 2. The van der Waals surface area contributed by atoms with Gasteiger partial charge in [0.2, 0.25) is 0 Å². The second-order valence-electron chi connectivity index (χ2n) is 4.15. The van der Waals surface area contributed by atoms with E-state index in [0.717, 1.165) is 0 Å². The van der Waals surface area contributed by atoms with Gasteiger partial charge in [0.1, 0.15) is 5.78 Å². The SMILES string of the molecule is CC(=O)CC(=O)c1ccc(OC(C)=O)c(OC(C)=O)c1. The van der Waals surface area contributed by atoms with Crippen molar-refractivity contribution in [2.24, 2.45) is 0 Å². The molecular weight excluding hydrogens is 264 g/mol. The van der Waals surface area contributed by atoms with Gasteiger partial charge in [-0.05, 0) is 25.1 Å². The van der Waals surface area contributed by atoms with E-state index in [0.29, 0.717) is 0 Å². The van der Waals surface area contributed by atoms with Gasteiger partial charge in [0.25, 0.3) is 0 Å². The number of carbonyl (C=O) groups excluding carboxylic acids is 4. The van der Waals surface area contributed by atoms with Crippen molar-refractivity contribution in [1.29, 1.82) is 0 Å². The third-order valence-corrected chi connectivity index (χ3v) is 2.18. The van der Waals surface area contributed by atoms with E-state index in [2.05, 4.69) is 0 Å². The van der Waals surface area contributed by atoms with Gasteiger partial charge < -0.3 is 9.47 Å². The Morgan fingerprint density at radius 1 is 0.900 bits per heavy atom. The molecule has 106 valence electrons. The van der Waals surface area contributed by atoms with Gasteiger partial charge in [0.05, 0.1) is 6.42 Å². The van der Waals surface area contributed by atoms with E-state index in [-0.39, 0.29) is 29.3 Å². The van der Waals surface area contributed by atoms with Crippen molar-refractivity contribution in [1.82, 2.24) is 0 Å². The van der Waals surface area contributed by atoms with Crippen LogP contribution in [0.3, 0.4) is 0 Å². The molecule has 0 atom stereocenters. The lowest BCUT2D eigenvalue weighted by Gasteiger charge is -2.09. The number of Topliss-reactive ketones (excluding diaryl/α,β-unsaturated/α-hetero) is 2. The van der Waals surface area contributed by atoms with Gasteiger partial charge in [0, 0.05) is 19.4 Å². The van der Waals surface area contributed by atoms with Crippen LogP contribution in [0.5, 0.6) is 11.5 Å². The van der Waals surface area contributed by atoms with Gasteiger partial charge >= 0.3 is 11.9 Å². The first kappa shape index (κ1) is 15.6. The maximum absolute atomic E-state index is 11.8. The quantitative estimate of drug-likeness (QED) is 0.352. The van der Waals surface area contributed by atoms with Crippen LogP contribution < -0.4 is 9.47 Å². The van der Waals surface area contributed by atoms with Crippen LogP contribution in [-0.2, 0) is 14.4 Å². The third-order valence-electron chi connectivity index (χ3n) is 2.18. The summed E-state index contributed by atoms with van der Waals surface area (Å²) in [6, 6.07) is 4.01. The van der Waals surface area contributed by atoms with Crippen LogP contribution in [0.1, 0.15) is 37.6 Å². The minimum Gasteiger partial charge on any atom is -0.423 e. The molecule has 1 aromatic rings. The molecule has 0 N–H and O–H groups in total. The minimum absolute atomic E-state index is 0.0343. The first-order valence-corrected chi connectivity index (χ1v) is 5.83. The molecule has 0 bridgehead atoms. The van der Waals surface area contributed by atoms with Crippen molar-refractivity contribution in [3.63, 3.8) is 0 Å². The minimum atomic E-state index is -0.616. The molecule has 0 aliphatic heterocycles. The molecular formula is C14H14O6. The molecule has 0 aliphatic rings. The Morgan fingerprint density at radius 3 is 1.95 bits per heavy atom. The third kappa shape index (κ3) is 4.64. The average molecular weight is 278 g/mol. The van der Waals surface area contributed by atoms with Crippen molar-refractivity contribution < 1.29 is 28.7 Å². The topological polar surface area (TPSA) is 86.7 Å². The fraction of sp³-hybridized carbons (Fsp3) is 0.286. The summed E-state index contributed by atoms with van der Waals surface area (Å²) in [5.74, 6) is -1.88. The summed E-state index contributed by atoms with van der Waals surface area (Å²) in [5.41, 5.74) is 0.201. The normalized spacial score (nSPS) is 9.75. The van der Waals surface area contributed by atoms with Gasteiger partial charge in [0.15, 0.2) is 17.3 Å². The summed E-state index contributed by atoms with van der Waals surface area (Å²) in [6.07, 6.45) is -0.244.